The van der Waals surface area contributed by atoms with E-state index in [2.05, 4.69) is 53.2 Å². The van der Waals surface area contributed by atoms with E-state index in [1.807, 2.05) is 0 Å². The summed E-state index contributed by atoms with van der Waals surface area (Å²) in [6.45, 7) is 2.25. The van der Waals surface area contributed by atoms with Gasteiger partial charge in [-0.2, -0.15) is 0 Å². The number of halogens is 1. The molecule has 1 atom stereocenters. The quantitative estimate of drug-likeness (QED) is 0.672. The van der Waals surface area contributed by atoms with Crippen LogP contribution in [-0.4, -0.2) is 5.33 Å². The summed E-state index contributed by atoms with van der Waals surface area (Å²) < 4.78 is 0. The molecule has 1 aromatic carbocycles. The summed E-state index contributed by atoms with van der Waals surface area (Å²) in [6, 6.07) is 10.8. The Balaban J connectivity index is 2.64. The van der Waals surface area contributed by atoms with Gasteiger partial charge in [-0.05, 0) is 24.3 Å². The summed E-state index contributed by atoms with van der Waals surface area (Å²) in [5.74, 6) is 0.741. The molecule has 1 aromatic rings. The van der Waals surface area contributed by atoms with E-state index in [9.17, 15) is 0 Å². The van der Waals surface area contributed by atoms with Crippen LogP contribution in [0.5, 0.6) is 0 Å². The van der Waals surface area contributed by atoms with Crippen LogP contribution < -0.4 is 0 Å². The second kappa shape index (κ2) is 6.20. The third-order valence-corrected chi connectivity index (χ3v) is 2.82. The molecule has 0 spiro atoms. The Labute approximate surface area is 89.5 Å². The minimum absolute atomic E-state index is 0.741. The van der Waals surface area contributed by atoms with Crippen molar-refractivity contribution in [1.29, 1.82) is 0 Å². The molecule has 0 nitrogen and oxygen atoms in total. The van der Waals surface area contributed by atoms with Crippen LogP contribution in [-0.2, 0) is 0 Å². The molecule has 0 radical (unpaired) electrons. The van der Waals surface area contributed by atoms with Gasteiger partial charge in [0.15, 0.2) is 0 Å². The van der Waals surface area contributed by atoms with Gasteiger partial charge in [0.1, 0.15) is 0 Å². The Bertz CT molecular complexity index is 212. The van der Waals surface area contributed by atoms with Crippen molar-refractivity contribution in [3.8, 4) is 0 Å². The lowest BCUT2D eigenvalue weighted by molar-refractivity contribution is 0.601. The Morgan fingerprint density at radius 3 is 2.38 bits per heavy atom. The topological polar surface area (TPSA) is 0 Å². The van der Waals surface area contributed by atoms with Crippen LogP contribution in [0.2, 0.25) is 0 Å². The maximum atomic E-state index is 3.52. The number of benzene rings is 1. The normalized spacial score (nSPS) is 12.8. The summed E-state index contributed by atoms with van der Waals surface area (Å²) in [7, 11) is 0. The van der Waals surface area contributed by atoms with Crippen molar-refractivity contribution >= 4 is 15.9 Å². The van der Waals surface area contributed by atoms with Crippen molar-refractivity contribution in [3.63, 3.8) is 0 Å². The molecule has 0 amide bonds. The first-order valence-electron chi connectivity index (χ1n) is 4.99. The molecule has 1 rings (SSSR count). The smallest absolute Gasteiger partial charge is 0.00371 e. The van der Waals surface area contributed by atoms with Crippen molar-refractivity contribution in [2.75, 3.05) is 5.33 Å². The molecule has 0 bridgehead atoms. The maximum Gasteiger partial charge on any atom is 0.00371 e. The lowest BCUT2D eigenvalue weighted by Gasteiger charge is -2.14. The van der Waals surface area contributed by atoms with Gasteiger partial charge in [-0.15, -0.1) is 0 Å². The lowest BCUT2D eigenvalue weighted by Crippen LogP contribution is -1.98. The first-order valence-corrected chi connectivity index (χ1v) is 6.11. The van der Waals surface area contributed by atoms with E-state index in [0.29, 0.717) is 0 Å². The molecule has 0 N–H and O–H groups in total. The highest BCUT2D eigenvalue weighted by Gasteiger charge is 2.08. The van der Waals surface area contributed by atoms with Gasteiger partial charge in [0.25, 0.3) is 0 Å². The van der Waals surface area contributed by atoms with Crippen molar-refractivity contribution in [2.45, 2.75) is 32.1 Å². The summed E-state index contributed by atoms with van der Waals surface area (Å²) >= 11 is 3.52. The molecule has 0 fully saturated rings. The molecule has 0 saturated heterocycles. The lowest BCUT2D eigenvalue weighted by atomic mass is 9.92. The van der Waals surface area contributed by atoms with Crippen LogP contribution in [0.15, 0.2) is 30.3 Å². The van der Waals surface area contributed by atoms with Crippen LogP contribution in [0.1, 0.15) is 37.7 Å². The maximum absolute atomic E-state index is 3.52. The van der Waals surface area contributed by atoms with Gasteiger partial charge >= 0.3 is 0 Å². The fourth-order valence-corrected chi connectivity index (χ4v) is 2.24. The molecular formula is C12H17Br. The van der Waals surface area contributed by atoms with Crippen molar-refractivity contribution in [1.82, 2.24) is 0 Å². The zero-order valence-electron chi connectivity index (χ0n) is 8.17. The fraction of sp³-hybridized carbons (Fsp3) is 0.500. The highest BCUT2D eigenvalue weighted by Crippen LogP contribution is 2.25. The van der Waals surface area contributed by atoms with Gasteiger partial charge in [-0.3, -0.25) is 0 Å². The van der Waals surface area contributed by atoms with Gasteiger partial charge in [-0.25, -0.2) is 0 Å². The Morgan fingerprint density at radius 2 is 1.85 bits per heavy atom. The number of alkyl halides is 1. The van der Waals surface area contributed by atoms with E-state index >= 15 is 0 Å². The average Bonchev–Trinajstić information content (AvgIpc) is 2.19. The zero-order valence-corrected chi connectivity index (χ0v) is 9.76. The van der Waals surface area contributed by atoms with E-state index in [4.69, 9.17) is 0 Å². The van der Waals surface area contributed by atoms with E-state index in [0.717, 1.165) is 11.2 Å². The second-order valence-corrected chi connectivity index (χ2v) is 4.17. The van der Waals surface area contributed by atoms with Crippen LogP contribution in [0.25, 0.3) is 0 Å². The van der Waals surface area contributed by atoms with Gasteiger partial charge in [0.05, 0.1) is 0 Å². The molecule has 1 heteroatoms. The molecule has 0 aliphatic heterocycles. The summed E-state index contributed by atoms with van der Waals surface area (Å²) in [6.07, 6.45) is 3.82. The minimum atomic E-state index is 0.741. The van der Waals surface area contributed by atoms with E-state index in [1.165, 1.54) is 24.8 Å². The minimum Gasteiger partial charge on any atom is -0.0928 e. The van der Waals surface area contributed by atoms with Crippen LogP contribution in [0.3, 0.4) is 0 Å². The van der Waals surface area contributed by atoms with Crippen LogP contribution in [0.4, 0.5) is 0 Å². The Kier molecular flexibility index (Phi) is 5.14. The van der Waals surface area contributed by atoms with Gasteiger partial charge in [0.2, 0.25) is 0 Å². The molecule has 0 unspecified atom stereocenters. The summed E-state index contributed by atoms with van der Waals surface area (Å²) in [5.41, 5.74) is 1.49. The first kappa shape index (κ1) is 10.8. The Hall–Kier alpha value is -0.300. The predicted molar refractivity (Wildman–Crippen MR) is 62.5 cm³/mol. The first-order chi connectivity index (χ1) is 6.38. The molecular weight excluding hydrogens is 224 g/mol. The molecule has 0 aliphatic rings. The third kappa shape index (κ3) is 3.51. The molecule has 0 heterocycles. The van der Waals surface area contributed by atoms with E-state index < -0.39 is 0 Å². The van der Waals surface area contributed by atoms with Crippen molar-refractivity contribution < 1.29 is 0 Å². The highest BCUT2D eigenvalue weighted by molar-refractivity contribution is 9.09. The van der Waals surface area contributed by atoms with Crippen molar-refractivity contribution in [2.24, 2.45) is 0 Å². The molecule has 0 saturated carbocycles. The molecule has 0 aliphatic carbocycles. The van der Waals surface area contributed by atoms with Crippen molar-refractivity contribution in [3.05, 3.63) is 35.9 Å². The van der Waals surface area contributed by atoms with Gasteiger partial charge in [-0.1, -0.05) is 59.6 Å². The van der Waals surface area contributed by atoms with Gasteiger partial charge < -0.3 is 0 Å². The highest BCUT2D eigenvalue weighted by atomic mass is 79.9. The number of hydrogen-bond acceptors (Lipinski definition) is 0. The van der Waals surface area contributed by atoms with E-state index in [1.54, 1.807) is 0 Å². The summed E-state index contributed by atoms with van der Waals surface area (Å²) in [5, 5.41) is 1.10. The second-order valence-electron chi connectivity index (χ2n) is 3.37. The fourth-order valence-electron chi connectivity index (χ4n) is 1.68. The molecule has 0 aromatic heterocycles. The number of rotatable bonds is 5. The SMILES string of the molecule is CCC[C@@H](CCBr)c1ccccc1. The largest absolute Gasteiger partial charge is 0.0928 e. The van der Waals surface area contributed by atoms with Crippen LogP contribution >= 0.6 is 15.9 Å². The molecule has 72 valence electrons. The van der Waals surface area contributed by atoms with E-state index in [-0.39, 0.29) is 0 Å². The van der Waals surface area contributed by atoms with Crippen LogP contribution in [0, 0.1) is 0 Å². The predicted octanol–water partition coefficient (Wildman–Crippen LogP) is 4.36. The standard InChI is InChI=1S/C12H17Br/c1-2-6-11(9-10-13)12-7-4-3-5-8-12/h3-5,7-8,11H,2,6,9-10H2,1H3/t11-/m0/s1. The molecule has 13 heavy (non-hydrogen) atoms. The summed E-state index contributed by atoms with van der Waals surface area (Å²) in [4.78, 5) is 0. The number of hydrogen-bond donors (Lipinski definition) is 0. The van der Waals surface area contributed by atoms with Gasteiger partial charge in [0, 0.05) is 5.33 Å². The monoisotopic (exact) mass is 240 g/mol. The average molecular weight is 241 g/mol. The zero-order chi connectivity index (χ0) is 9.52. The third-order valence-electron chi connectivity index (χ3n) is 2.37. The Morgan fingerprint density at radius 1 is 1.15 bits per heavy atom.